The van der Waals surface area contributed by atoms with Crippen molar-refractivity contribution in [3.63, 3.8) is 0 Å². The molecule has 2 saturated heterocycles. The average Bonchev–Trinajstić information content (AvgIpc) is 2.74. The smallest absolute Gasteiger partial charge is 0.282 e. The average molecular weight is 409 g/mol. The molecule has 1 aromatic carbocycles. The van der Waals surface area contributed by atoms with Crippen LogP contribution in [0, 0.1) is 0 Å². The zero-order valence-electron chi connectivity index (χ0n) is 16.1. The van der Waals surface area contributed by atoms with Gasteiger partial charge in [-0.25, -0.2) is 0 Å². The SMILES string of the molecule is O=C(CN1CCOCC1)N1CCN(S(=O)(=O)N2CCc3ccccc3C2)CC1. The molecular weight excluding hydrogens is 380 g/mol. The lowest BCUT2D eigenvalue weighted by Gasteiger charge is -2.38. The highest BCUT2D eigenvalue weighted by molar-refractivity contribution is 7.86. The van der Waals surface area contributed by atoms with E-state index in [9.17, 15) is 13.2 Å². The topological polar surface area (TPSA) is 73.4 Å². The second kappa shape index (κ2) is 8.46. The molecule has 154 valence electrons. The maximum atomic E-state index is 13.1. The molecule has 4 rings (SSSR count). The predicted molar refractivity (Wildman–Crippen MR) is 105 cm³/mol. The zero-order valence-corrected chi connectivity index (χ0v) is 16.9. The molecule has 0 aliphatic carbocycles. The number of nitrogens with zero attached hydrogens (tertiary/aromatic N) is 4. The Labute approximate surface area is 166 Å². The molecule has 0 saturated carbocycles. The number of hydrogen-bond donors (Lipinski definition) is 0. The van der Waals surface area contributed by atoms with E-state index in [2.05, 4.69) is 11.0 Å². The van der Waals surface area contributed by atoms with Crippen LogP contribution in [0.1, 0.15) is 11.1 Å². The van der Waals surface area contributed by atoms with Crippen LogP contribution in [0.4, 0.5) is 0 Å². The molecule has 2 fully saturated rings. The molecule has 9 heteroatoms. The van der Waals surface area contributed by atoms with Gasteiger partial charge in [-0.3, -0.25) is 9.69 Å². The Balaban J connectivity index is 1.32. The third kappa shape index (κ3) is 4.23. The van der Waals surface area contributed by atoms with Crippen LogP contribution in [-0.4, -0.2) is 98.3 Å². The summed E-state index contributed by atoms with van der Waals surface area (Å²) >= 11 is 0. The van der Waals surface area contributed by atoms with Crippen molar-refractivity contribution in [2.75, 3.05) is 65.6 Å². The molecule has 1 aromatic rings. The number of morpholine rings is 1. The summed E-state index contributed by atoms with van der Waals surface area (Å²) in [6.45, 7) is 5.82. The standard InChI is InChI=1S/C19H28N4O4S/c24-19(16-20-11-13-27-14-12-20)21-7-9-22(10-8-21)28(25,26)23-6-5-17-3-1-2-4-18(17)15-23/h1-4H,5-16H2. The Bertz CT molecular complexity index is 802. The highest BCUT2D eigenvalue weighted by atomic mass is 32.2. The third-order valence-corrected chi connectivity index (χ3v) is 7.78. The molecule has 8 nitrogen and oxygen atoms in total. The molecule has 0 atom stereocenters. The second-order valence-electron chi connectivity index (χ2n) is 7.53. The van der Waals surface area contributed by atoms with Gasteiger partial charge >= 0.3 is 0 Å². The molecular formula is C19H28N4O4S. The van der Waals surface area contributed by atoms with Crippen molar-refractivity contribution in [2.45, 2.75) is 13.0 Å². The van der Waals surface area contributed by atoms with Gasteiger partial charge in [-0.05, 0) is 17.5 Å². The summed E-state index contributed by atoms with van der Waals surface area (Å²) in [5.74, 6) is 0.0749. The van der Waals surface area contributed by atoms with Gasteiger partial charge in [-0.1, -0.05) is 24.3 Å². The Kier molecular flexibility index (Phi) is 5.98. The van der Waals surface area contributed by atoms with E-state index in [1.54, 1.807) is 9.21 Å². The van der Waals surface area contributed by atoms with Gasteiger partial charge in [0, 0.05) is 52.4 Å². The summed E-state index contributed by atoms with van der Waals surface area (Å²) < 4.78 is 34.6. The van der Waals surface area contributed by atoms with E-state index in [1.807, 2.05) is 18.2 Å². The van der Waals surface area contributed by atoms with E-state index < -0.39 is 10.2 Å². The quantitative estimate of drug-likeness (QED) is 0.688. The number of rotatable bonds is 4. The van der Waals surface area contributed by atoms with Crippen molar-refractivity contribution in [3.05, 3.63) is 35.4 Å². The van der Waals surface area contributed by atoms with Gasteiger partial charge < -0.3 is 9.64 Å². The minimum Gasteiger partial charge on any atom is -0.379 e. The van der Waals surface area contributed by atoms with Crippen molar-refractivity contribution in [1.29, 1.82) is 0 Å². The van der Waals surface area contributed by atoms with E-state index in [0.717, 1.165) is 25.1 Å². The molecule has 3 aliphatic rings. The molecule has 28 heavy (non-hydrogen) atoms. The van der Waals surface area contributed by atoms with Crippen LogP contribution in [-0.2, 0) is 32.7 Å². The number of carbonyl (C=O) groups is 1. The van der Waals surface area contributed by atoms with Gasteiger partial charge in [0.25, 0.3) is 10.2 Å². The fraction of sp³-hybridized carbons (Fsp3) is 0.632. The van der Waals surface area contributed by atoms with Gasteiger partial charge in [0.05, 0.1) is 19.8 Å². The fourth-order valence-corrected chi connectivity index (χ4v) is 5.62. The van der Waals surface area contributed by atoms with E-state index in [0.29, 0.717) is 59.0 Å². The Hall–Kier alpha value is -1.52. The van der Waals surface area contributed by atoms with E-state index in [-0.39, 0.29) is 5.91 Å². The number of benzene rings is 1. The second-order valence-corrected chi connectivity index (χ2v) is 9.46. The van der Waals surface area contributed by atoms with E-state index in [1.165, 1.54) is 9.87 Å². The largest absolute Gasteiger partial charge is 0.379 e. The number of hydrogen-bond acceptors (Lipinski definition) is 5. The molecule has 0 bridgehead atoms. The maximum absolute atomic E-state index is 13.1. The van der Waals surface area contributed by atoms with Crippen LogP contribution < -0.4 is 0 Å². The molecule has 0 spiro atoms. The van der Waals surface area contributed by atoms with Crippen molar-refractivity contribution >= 4 is 16.1 Å². The molecule has 3 aliphatic heterocycles. The van der Waals surface area contributed by atoms with E-state index >= 15 is 0 Å². The number of carbonyl (C=O) groups excluding carboxylic acids is 1. The molecule has 0 aromatic heterocycles. The van der Waals surface area contributed by atoms with Crippen LogP contribution in [0.25, 0.3) is 0 Å². The fourth-order valence-electron chi connectivity index (χ4n) is 4.05. The van der Waals surface area contributed by atoms with Crippen molar-refractivity contribution < 1.29 is 17.9 Å². The van der Waals surface area contributed by atoms with Crippen LogP contribution in [0.2, 0.25) is 0 Å². The van der Waals surface area contributed by atoms with Crippen molar-refractivity contribution in [1.82, 2.24) is 18.4 Å². The van der Waals surface area contributed by atoms with Crippen LogP contribution in [0.5, 0.6) is 0 Å². The van der Waals surface area contributed by atoms with Crippen LogP contribution >= 0.6 is 0 Å². The molecule has 0 radical (unpaired) electrons. The summed E-state index contributed by atoms with van der Waals surface area (Å²) in [5, 5.41) is 0. The number of piperazine rings is 1. The lowest BCUT2D eigenvalue weighted by atomic mass is 10.0. The first kappa shape index (κ1) is 19.8. The lowest BCUT2D eigenvalue weighted by Crippen LogP contribution is -2.56. The molecule has 1 amide bonds. The monoisotopic (exact) mass is 408 g/mol. The maximum Gasteiger partial charge on any atom is 0.282 e. The molecule has 0 unspecified atom stereocenters. The number of amides is 1. The summed E-state index contributed by atoms with van der Waals surface area (Å²) in [6, 6.07) is 8.02. The van der Waals surface area contributed by atoms with E-state index in [4.69, 9.17) is 4.74 Å². The minimum absolute atomic E-state index is 0.0749. The summed E-state index contributed by atoms with van der Waals surface area (Å²) in [6.07, 6.45) is 0.743. The Morgan fingerprint density at radius 2 is 1.57 bits per heavy atom. The Morgan fingerprint density at radius 3 is 2.29 bits per heavy atom. The summed E-state index contributed by atoms with van der Waals surface area (Å²) in [4.78, 5) is 16.4. The molecule has 3 heterocycles. The van der Waals surface area contributed by atoms with Gasteiger partial charge in [0.1, 0.15) is 0 Å². The highest BCUT2D eigenvalue weighted by Gasteiger charge is 2.35. The lowest BCUT2D eigenvalue weighted by molar-refractivity contribution is -0.134. The number of fused-ring (bicyclic) bond motifs is 1. The normalized spacial score (nSPS) is 22.8. The predicted octanol–water partition coefficient (Wildman–Crippen LogP) is -0.234. The summed E-state index contributed by atoms with van der Waals surface area (Å²) in [7, 11) is -3.50. The highest BCUT2D eigenvalue weighted by Crippen LogP contribution is 2.23. The van der Waals surface area contributed by atoms with Crippen molar-refractivity contribution in [3.8, 4) is 0 Å². The van der Waals surface area contributed by atoms with Crippen LogP contribution in [0.15, 0.2) is 24.3 Å². The Morgan fingerprint density at radius 1 is 0.893 bits per heavy atom. The van der Waals surface area contributed by atoms with Gasteiger partial charge in [-0.2, -0.15) is 17.0 Å². The van der Waals surface area contributed by atoms with Crippen LogP contribution in [0.3, 0.4) is 0 Å². The number of ether oxygens (including phenoxy) is 1. The first-order valence-corrected chi connectivity index (χ1v) is 11.3. The third-order valence-electron chi connectivity index (χ3n) is 5.80. The summed E-state index contributed by atoms with van der Waals surface area (Å²) in [5.41, 5.74) is 2.31. The first-order valence-electron chi connectivity index (χ1n) is 9.94. The molecule has 0 N–H and O–H groups in total. The van der Waals surface area contributed by atoms with Gasteiger partial charge in [0.2, 0.25) is 5.91 Å². The minimum atomic E-state index is -3.50. The van der Waals surface area contributed by atoms with Gasteiger partial charge in [0.15, 0.2) is 0 Å². The van der Waals surface area contributed by atoms with Gasteiger partial charge in [-0.15, -0.1) is 0 Å². The first-order chi connectivity index (χ1) is 13.5. The zero-order chi connectivity index (χ0) is 19.6. The van der Waals surface area contributed by atoms with Crippen molar-refractivity contribution in [2.24, 2.45) is 0 Å².